The van der Waals surface area contributed by atoms with Crippen molar-refractivity contribution in [2.24, 2.45) is 0 Å². The Morgan fingerprint density at radius 2 is 1.28 bits per heavy atom. The molecule has 1 heterocycles. The molecule has 4 aromatic carbocycles. The van der Waals surface area contributed by atoms with Gasteiger partial charge in [0.05, 0.1) is 6.10 Å². The molecule has 1 fully saturated rings. The van der Waals surface area contributed by atoms with Gasteiger partial charge in [0.15, 0.2) is 0 Å². The highest BCUT2D eigenvalue weighted by molar-refractivity contribution is 6.99. The molecular formula is C36H37NO5Si. The fraction of sp³-hybridized carbons (Fsp3) is 0.278. The predicted octanol–water partition coefficient (Wildman–Crippen LogP) is 6.04. The van der Waals surface area contributed by atoms with E-state index in [1.807, 2.05) is 60.7 Å². The number of amides is 1. The highest BCUT2D eigenvalue weighted by Gasteiger charge is 2.53. The highest BCUT2D eigenvalue weighted by Crippen LogP contribution is 2.45. The van der Waals surface area contributed by atoms with Gasteiger partial charge in [-0.15, -0.1) is 0 Å². The van der Waals surface area contributed by atoms with Crippen LogP contribution in [-0.4, -0.2) is 55.7 Å². The smallest absolute Gasteiger partial charge is 0.410 e. The molecule has 7 heteroatoms. The van der Waals surface area contributed by atoms with Gasteiger partial charge in [0.25, 0.3) is 8.32 Å². The second-order valence-corrected chi connectivity index (χ2v) is 16.7. The van der Waals surface area contributed by atoms with Crippen LogP contribution in [0.4, 0.5) is 4.79 Å². The molecule has 2 aliphatic rings. The minimum Gasteiger partial charge on any atom is -0.480 e. The first-order valence-electron chi connectivity index (χ1n) is 14.8. The summed E-state index contributed by atoms with van der Waals surface area (Å²) in [5.41, 5.74) is 4.51. The molecule has 1 amide bonds. The molecule has 0 radical (unpaired) electrons. The van der Waals surface area contributed by atoms with Crippen LogP contribution < -0.4 is 10.4 Å². The molecule has 0 spiro atoms. The topological polar surface area (TPSA) is 76.1 Å². The lowest BCUT2D eigenvalue weighted by molar-refractivity contribution is -0.141. The molecule has 43 heavy (non-hydrogen) atoms. The minimum absolute atomic E-state index is 0.105. The molecule has 0 bridgehead atoms. The number of likely N-dealkylation sites (tertiary alicyclic amines) is 1. The largest absolute Gasteiger partial charge is 0.480 e. The van der Waals surface area contributed by atoms with E-state index < -0.39 is 32.5 Å². The van der Waals surface area contributed by atoms with Gasteiger partial charge >= 0.3 is 12.1 Å². The van der Waals surface area contributed by atoms with Gasteiger partial charge in [-0.05, 0) is 37.7 Å². The predicted molar refractivity (Wildman–Crippen MR) is 170 cm³/mol. The Morgan fingerprint density at radius 3 is 1.77 bits per heavy atom. The third-order valence-electron chi connectivity index (χ3n) is 8.88. The average molecular weight is 592 g/mol. The highest BCUT2D eigenvalue weighted by atomic mass is 28.4. The normalized spacial score (nSPS) is 18.3. The molecule has 6 rings (SSSR count). The third kappa shape index (κ3) is 5.17. The van der Waals surface area contributed by atoms with E-state index in [9.17, 15) is 14.7 Å². The molecule has 2 atom stereocenters. The number of rotatable bonds is 7. The number of ether oxygens (including phenoxy) is 1. The van der Waals surface area contributed by atoms with Crippen molar-refractivity contribution in [1.82, 2.24) is 4.90 Å². The number of hydrogen-bond acceptors (Lipinski definition) is 4. The molecular weight excluding hydrogens is 554 g/mol. The number of carboxylic acid groups (broad SMARTS) is 1. The Hall–Kier alpha value is -4.20. The van der Waals surface area contributed by atoms with Crippen molar-refractivity contribution in [2.45, 2.75) is 50.3 Å². The van der Waals surface area contributed by atoms with Gasteiger partial charge in [-0.1, -0.05) is 130 Å². The van der Waals surface area contributed by atoms with Crippen molar-refractivity contribution in [3.63, 3.8) is 0 Å². The molecule has 1 N–H and O–H groups in total. The van der Waals surface area contributed by atoms with E-state index in [1.54, 1.807) is 0 Å². The van der Waals surface area contributed by atoms with Crippen molar-refractivity contribution < 1.29 is 23.9 Å². The standard InChI is InChI=1S/C36H37NO5Si/c1-36(2,3)43(26-14-6-4-7-15-26,27-16-8-5-9-17-27)42-25-22-33(34(38)39)37(23-25)35(40)41-24-32-30-20-12-10-18-28(30)29-19-11-13-21-31(29)32/h4-21,25,32-33H,22-24H2,1-3H3,(H,38,39)/t25-,33+/m1/s1. The van der Waals surface area contributed by atoms with Crippen molar-refractivity contribution in [3.05, 3.63) is 120 Å². The van der Waals surface area contributed by atoms with Crippen LogP contribution in [0.25, 0.3) is 11.1 Å². The first-order chi connectivity index (χ1) is 20.7. The van der Waals surface area contributed by atoms with E-state index in [0.717, 1.165) is 32.6 Å². The number of fused-ring (bicyclic) bond motifs is 3. The van der Waals surface area contributed by atoms with Gasteiger partial charge in [0.1, 0.15) is 12.6 Å². The summed E-state index contributed by atoms with van der Waals surface area (Å²) in [4.78, 5) is 27.4. The zero-order valence-electron chi connectivity index (χ0n) is 24.8. The van der Waals surface area contributed by atoms with Crippen molar-refractivity contribution in [1.29, 1.82) is 0 Å². The summed E-state index contributed by atoms with van der Waals surface area (Å²) >= 11 is 0. The molecule has 6 nitrogen and oxygen atoms in total. The van der Waals surface area contributed by atoms with Crippen LogP contribution in [0.1, 0.15) is 44.2 Å². The molecule has 0 unspecified atom stereocenters. The maximum Gasteiger partial charge on any atom is 0.410 e. The van der Waals surface area contributed by atoms with Crippen LogP contribution >= 0.6 is 0 Å². The van der Waals surface area contributed by atoms with E-state index in [2.05, 4.69) is 69.3 Å². The SMILES string of the molecule is CC(C)(C)[Si](O[C@@H]1C[C@@H](C(=O)O)N(C(=O)OCC2c3ccccc3-c3ccccc32)C1)(c1ccccc1)c1ccccc1. The number of carboxylic acids is 1. The van der Waals surface area contributed by atoms with Crippen molar-refractivity contribution >= 4 is 30.8 Å². The molecule has 1 saturated heterocycles. The van der Waals surface area contributed by atoms with Crippen LogP contribution in [0.15, 0.2) is 109 Å². The summed E-state index contributed by atoms with van der Waals surface area (Å²) in [5, 5.41) is 12.1. The summed E-state index contributed by atoms with van der Waals surface area (Å²) in [6.07, 6.45) is -0.889. The van der Waals surface area contributed by atoms with Crippen LogP contribution in [0.2, 0.25) is 5.04 Å². The number of carbonyl (C=O) groups is 2. The Kier molecular flexibility index (Phi) is 7.71. The van der Waals surface area contributed by atoms with Gasteiger partial charge < -0.3 is 14.3 Å². The maximum atomic E-state index is 13.6. The van der Waals surface area contributed by atoms with Crippen molar-refractivity contribution in [2.75, 3.05) is 13.2 Å². The Bertz CT molecular complexity index is 1530. The van der Waals surface area contributed by atoms with E-state index in [1.165, 1.54) is 4.90 Å². The van der Waals surface area contributed by atoms with E-state index in [4.69, 9.17) is 9.16 Å². The maximum absolute atomic E-state index is 13.6. The number of benzene rings is 4. The lowest BCUT2D eigenvalue weighted by atomic mass is 9.98. The summed E-state index contributed by atoms with van der Waals surface area (Å²) in [5.74, 6) is -1.16. The molecule has 220 valence electrons. The fourth-order valence-corrected chi connectivity index (χ4v) is 11.6. The second kappa shape index (κ2) is 11.5. The molecule has 0 saturated carbocycles. The summed E-state index contributed by atoms with van der Waals surface area (Å²) in [7, 11) is -2.93. The van der Waals surface area contributed by atoms with E-state index >= 15 is 0 Å². The Morgan fingerprint density at radius 1 is 0.791 bits per heavy atom. The number of aliphatic carboxylic acids is 1. The monoisotopic (exact) mass is 591 g/mol. The Balaban J connectivity index is 1.26. The van der Waals surface area contributed by atoms with Crippen LogP contribution in [0.5, 0.6) is 0 Å². The summed E-state index contributed by atoms with van der Waals surface area (Å²) in [6.45, 7) is 6.85. The third-order valence-corrected chi connectivity index (χ3v) is 14.0. The van der Waals surface area contributed by atoms with Gasteiger partial charge in [-0.25, -0.2) is 9.59 Å². The molecule has 1 aliphatic heterocycles. The zero-order chi connectivity index (χ0) is 30.2. The molecule has 0 aromatic heterocycles. The average Bonchev–Trinajstić information content (AvgIpc) is 3.59. The lowest BCUT2D eigenvalue weighted by Crippen LogP contribution is -2.67. The first kappa shape index (κ1) is 28.9. The van der Waals surface area contributed by atoms with E-state index in [-0.39, 0.29) is 30.5 Å². The van der Waals surface area contributed by atoms with E-state index in [0.29, 0.717) is 0 Å². The second-order valence-electron chi connectivity index (χ2n) is 12.4. The molecule has 1 aliphatic carbocycles. The minimum atomic E-state index is -2.93. The molecule has 4 aromatic rings. The van der Waals surface area contributed by atoms with Crippen LogP contribution in [0, 0.1) is 0 Å². The quantitative estimate of drug-likeness (QED) is 0.265. The van der Waals surface area contributed by atoms with Gasteiger partial charge in [0.2, 0.25) is 0 Å². The summed E-state index contributed by atoms with van der Waals surface area (Å²) < 4.78 is 13.1. The van der Waals surface area contributed by atoms with Crippen molar-refractivity contribution in [3.8, 4) is 11.1 Å². The first-order valence-corrected chi connectivity index (χ1v) is 16.7. The summed E-state index contributed by atoms with van der Waals surface area (Å²) in [6, 6.07) is 35.8. The van der Waals surface area contributed by atoms with Gasteiger partial charge in [-0.3, -0.25) is 4.90 Å². The lowest BCUT2D eigenvalue weighted by Gasteiger charge is -2.44. The van der Waals surface area contributed by atoms with Gasteiger partial charge in [-0.2, -0.15) is 0 Å². The van der Waals surface area contributed by atoms with Gasteiger partial charge in [0, 0.05) is 18.9 Å². The Labute approximate surface area is 254 Å². The van der Waals surface area contributed by atoms with Crippen LogP contribution in [0.3, 0.4) is 0 Å². The number of nitrogens with zero attached hydrogens (tertiary/aromatic N) is 1. The fourth-order valence-electron chi connectivity index (χ4n) is 6.94. The zero-order valence-corrected chi connectivity index (χ0v) is 25.8. The van der Waals surface area contributed by atoms with Crippen LogP contribution in [-0.2, 0) is 14.0 Å². The number of carbonyl (C=O) groups excluding carboxylic acids is 1. The number of hydrogen-bond donors (Lipinski definition) is 1.